The van der Waals surface area contributed by atoms with Gasteiger partial charge in [0, 0.05) is 58.2 Å². The molecule has 0 aromatic carbocycles. The Hall–Kier alpha value is -0.650. The monoisotopic (exact) mass is 296 g/mol. The van der Waals surface area contributed by atoms with Gasteiger partial charge in [-0.1, -0.05) is 0 Å². The molecule has 0 aliphatic carbocycles. The van der Waals surface area contributed by atoms with Gasteiger partial charge >= 0.3 is 0 Å². The van der Waals surface area contributed by atoms with Gasteiger partial charge in [0.2, 0.25) is 5.91 Å². The first-order chi connectivity index (χ1) is 10.2. The van der Waals surface area contributed by atoms with Crippen molar-refractivity contribution in [2.75, 3.05) is 39.4 Å². The number of β-amino-alcohol motifs (C(OH)–C–C–N with tert-alkyl or cyclic N) is 1. The maximum Gasteiger partial charge on any atom is 0.222 e. The summed E-state index contributed by atoms with van der Waals surface area (Å²) in [7, 11) is 0. The predicted molar refractivity (Wildman–Crippen MR) is 80.0 cm³/mol. The van der Waals surface area contributed by atoms with E-state index in [0.29, 0.717) is 25.2 Å². The summed E-state index contributed by atoms with van der Waals surface area (Å²) < 4.78 is 5.35. The van der Waals surface area contributed by atoms with Crippen LogP contribution in [0.3, 0.4) is 0 Å². The molecule has 5 heteroatoms. The number of nitrogens with zero attached hydrogens (tertiary/aromatic N) is 2. The zero-order valence-corrected chi connectivity index (χ0v) is 12.9. The number of ether oxygens (including phenoxy) is 1. The van der Waals surface area contributed by atoms with Crippen molar-refractivity contribution in [2.45, 2.75) is 56.6 Å². The van der Waals surface area contributed by atoms with E-state index in [2.05, 4.69) is 9.80 Å². The molecule has 0 radical (unpaired) electrons. The van der Waals surface area contributed by atoms with E-state index < -0.39 is 5.60 Å². The molecule has 5 nitrogen and oxygen atoms in total. The Kier molecular flexibility index (Phi) is 4.82. The molecule has 3 fully saturated rings. The van der Waals surface area contributed by atoms with Gasteiger partial charge in [-0.05, 0) is 32.2 Å². The fraction of sp³-hybridized carbons (Fsp3) is 0.938. The fourth-order valence-electron chi connectivity index (χ4n) is 3.99. The second kappa shape index (κ2) is 6.63. The van der Waals surface area contributed by atoms with Gasteiger partial charge in [-0.25, -0.2) is 0 Å². The lowest BCUT2D eigenvalue weighted by molar-refractivity contribution is -0.129. The van der Waals surface area contributed by atoms with Crippen molar-refractivity contribution in [3.8, 4) is 0 Å². The number of hydrogen-bond donors (Lipinski definition) is 1. The molecule has 1 atom stereocenters. The SMILES string of the molecule is O=C1CCCN1C1CCCN(CC2(O)CCOCC2)CC1. The highest BCUT2D eigenvalue weighted by atomic mass is 16.5. The summed E-state index contributed by atoms with van der Waals surface area (Å²) in [6, 6.07) is 0.425. The van der Waals surface area contributed by atoms with E-state index in [9.17, 15) is 9.90 Å². The summed E-state index contributed by atoms with van der Waals surface area (Å²) in [5, 5.41) is 10.6. The highest BCUT2D eigenvalue weighted by Crippen LogP contribution is 2.26. The number of amides is 1. The molecule has 1 unspecified atom stereocenters. The number of carbonyl (C=O) groups excluding carboxylic acids is 1. The van der Waals surface area contributed by atoms with E-state index in [0.717, 1.165) is 71.1 Å². The molecule has 120 valence electrons. The molecule has 3 aliphatic rings. The minimum atomic E-state index is -0.568. The van der Waals surface area contributed by atoms with Crippen LogP contribution in [0.25, 0.3) is 0 Å². The Balaban J connectivity index is 1.52. The topological polar surface area (TPSA) is 53.0 Å². The van der Waals surface area contributed by atoms with E-state index in [1.165, 1.54) is 0 Å². The van der Waals surface area contributed by atoms with Crippen LogP contribution in [0.4, 0.5) is 0 Å². The summed E-state index contributed by atoms with van der Waals surface area (Å²) >= 11 is 0. The van der Waals surface area contributed by atoms with Gasteiger partial charge in [0.1, 0.15) is 0 Å². The second-order valence-corrected chi connectivity index (χ2v) is 6.89. The van der Waals surface area contributed by atoms with Gasteiger partial charge in [0.25, 0.3) is 0 Å². The van der Waals surface area contributed by atoms with Gasteiger partial charge < -0.3 is 19.6 Å². The van der Waals surface area contributed by atoms with Gasteiger partial charge in [-0.15, -0.1) is 0 Å². The van der Waals surface area contributed by atoms with Crippen LogP contribution in [-0.2, 0) is 9.53 Å². The van der Waals surface area contributed by atoms with Crippen molar-refractivity contribution in [3.05, 3.63) is 0 Å². The highest BCUT2D eigenvalue weighted by Gasteiger charge is 2.34. The first kappa shape index (κ1) is 15.3. The second-order valence-electron chi connectivity index (χ2n) is 6.89. The molecule has 3 saturated heterocycles. The molecular formula is C16H28N2O3. The highest BCUT2D eigenvalue weighted by molar-refractivity contribution is 5.78. The van der Waals surface area contributed by atoms with Crippen LogP contribution >= 0.6 is 0 Å². The van der Waals surface area contributed by atoms with Crippen LogP contribution in [-0.4, -0.2) is 71.8 Å². The predicted octanol–water partition coefficient (Wildman–Crippen LogP) is 1.00. The summed E-state index contributed by atoms with van der Waals surface area (Å²) in [4.78, 5) is 16.4. The quantitative estimate of drug-likeness (QED) is 0.844. The van der Waals surface area contributed by atoms with Crippen LogP contribution in [0.5, 0.6) is 0 Å². The zero-order chi connectivity index (χ0) is 14.7. The third-order valence-corrected chi connectivity index (χ3v) is 5.28. The van der Waals surface area contributed by atoms with Gasteiger partial charge in [-0.3, -0.25) is 4.79 Å². The van der Waals surface area contributed by atoms with Crippen LogP contribution < -0.4 is 0 Å². The molecule has 0 saturated carbocycles. The lowest BCUT2D eigenvalue weighted by Gasteiger charge is -2.36. The molecule has 0 aromatic heterocycles. The van der Waals surface area contributed by atoms with Crippen LogP contribution in [0.2, 0.25) is 0 Å². The molecule has 21 heavy (non-hydrogen) atoms. The van der Waals surface area contributed by atoms with Crippen LogP contribution in [0, 0.1) is 0 Å². The van der Waals surface area contributed by atoms with Gasteiger partial charge in [-0.2, -0.15) is 0 Å². The third-order valence-electron chi connectivity index (χ3n) is 5.28. The number of carbonyl (C=O) groups is 1. The van der Waals surface area contributed by atoms with Gasteiger partial charge in [0.05, 0.1) is 5.60 Å². The summed E-state index contributed by atoms with van der Waals surface area (Å²) in [5.74, 6) is 0.344. The fourth-order valence-corrected chi connectivity index (χ4v) is 3.99. The average Bonchev–Trinajstić information content (AvgIpc) is 2.76. The first-order valence-corrected chi connectivity index (χ1v) is 8.48. The molecule has 1 N–H and O–H groups in total. The molecule has 0 aromatic rings. The normalized spacial score (nSPS) is 31.4. The van der Waals surface area contributed by atoms with Crippen molar-refractivity contribution >= 4 is 5.91 Å². The van der Waals surface area contributed by atoms with Crippen molar-refractivity contribution in [1.29, 1.82) is 0 Å². The average molecular weight is 296 g/mol. The summed E-state index contributed by atoms with van der Waals surface area (Å²) in [5.41, 5.74) is -0.568. The zero-order valence-electron chi connectivity index (χ0n) is 12.9. The smallest absolute Gasteiger partial charge is 0.222 e. The third kappa shape index (κ3) is 3.76. The maximum absolute atomic E-state index is 11.9. The Morgan fingerprint density at radius 3 is 2.67 bits per heavy atom. The minimum Gasteiger partial charge on any atom is -0.388 e. The Morgan fingerprint density at radius 2 is 1.95 bits per heavy atom. The molecule has 0 bridgehead atoms. The number of likely N-dealkylation sites (tertiary alicyclic amines) is 2. The number of aliphatic hydroxyl groups is 1. The van der Waals surface area contributed by atoms with E-state index in [4.69, 9.17) is 4.74 Å². The Morgan fingerprint density at radius 1 is 1.14 bits per heavy atom. The Bertz CT molecular complexity index is 369. The molecule has 3 rings (SSSR count). The summed E-state index contributed by atoms with van der Waals surface area (Å²) in [6.07, 6.45) is 6.55. The van der Waals surface area contributed by atoms with Crippen molar-refractivity contribution in [2.24, 2.45) is 0 Å². The van der Waals surface area contributed by atoms with E-state index in [-0.39, 0.29) is 0 Å². The minimum absolute atomic E-state index is 0.344. The van der Waals surface area contributed by atoms with Crippen molar-refractivity contribution in [1.82, 2.24) is 9.80 Å². The number of hydrogen-bond acceptors (Lipinski definition) is 4. The summed E-state index contributed by atoms with van der Waals surface area (Å²) in [6.45, 7) is 5.10. The standard InChI is InChI=1S/C16H28N2O3/c19-15-4-2-9-18(15)14-3-1-8-17(10-5-14)13-16(20)6-11-21-12-7-16/h14,20H,1-13H2. The van der Waals surface area contributed by atoms with Crippen LogP contribution in [0.1, 0.15) is 44.9 Å². The van der Waals surface area contributed by atoms with E-state index >= 15 is 0 Å². The lowest BCUT2D eigenvalue weighted by atomic mass is 9.93. The first-order valence-electron chi connectivity index (χ1n) is 8.48. The van der Waals surface area contributed by atoms with Crippen molar-refractivity contribution in [3.63, 3.8) is 0 Å². The molecular weight excluding hydrogens is 268 g/mol. The number of rotatable bonds is 3. The molecule has 3 aliphatic heterocycles. The molecule has 0 spiro atoms. The van der Waals surface area contributed by atoms with Crippen LogP contribution in [0.15, 0.2) is 0 Å². The van der Waals surface area contributed by atoms with Gasteiger partial charge in [0.15, 0.2) is 0 Å². The molecule has 1 amide bonds. The largest absolute Gasteiger partial charge is 0.388 e. The molecule has 3 heterocycles. The lowest BCUT2D eigenvalue weighted by Crippen LogP contribution is -2.47. The van der Waals surface area contributed by atoms with E-state index in [1.54, 1.807) is 0 Å². The van der Waals surface area contributed by atoms with E-state index in [1.807, 2.05) is 0 Å². The van der Waals surface area contributed by atoms with Crippen molar-refractivity contribution < 1.29 is 14.6 Å². The maximum atomic E-state index is 11.9. The Labute approximate surface area is 127 Å².